The van der Waals surface area contributed by atoms with Crippen molar-refractivity contribution in [3.63, 3.8) is 0 Å². The van der Waals surface area contributed by atoms with Gasteiger partial charge in [-0.15, -0.1) is 0 Å². The molecule has 0 aliphatic rings. The lowest BCUT2D eigenvalue weighted by molar-refractivity contribution is 0.102. The molecule has 1 aromatic heterocycles. The van der Waals surface area contributed by atoms with Crippen LogP contribution >= 0.6 is 23.2 Å². The van der Waals surface area contributed by atoms with Gasteiger partial charge in [0, 0.05) is 34.5 Å². The molecular weight excluding hydrogens is 271 g/mol. The fraction of sp³-hybridized carbons (Fsp3) is 0.231. The zero-order valence-corrected chi connectivity index (χ0v) is 11.4. The molecule has 0 aliphatic carbocycles. The monoisotopic (exact) mass is 282 g/mol. The van der Waals surface area contributed by atoms with Gasteiger partial charge < -0.3 is 4.57 Å². The Balaban J connectivity index is 2.38. The summed E-state index contributed by atoms with van der Waals surface area (Å²) in [5.74, 6) is 0.244. The Kier molecular flexibility index (Phi) is 4.04. The molecule has 0 fully saturated rings. The predicted molar refractivity (Wildman–Crippen MR) is 72.4 cm³/mol. The molecule has 18 heavy (non-hydrogen) atoms. The summed E-state index contributed by atoms with van der Waals surface area (Å²) in [5.41, 5.74) is 0.455. The minimum absolute atomic E-state index is 0.169. The Morgan fingerprint density at radius 3 is 2.56 bits per heavy atom. The molecular formula is C13H12Cl2N2O. The van der Waals surface area contributed by atoms with Gasteiger partial charge in [0.15, 0.2) is 5.82 Å². The quantitative estimate of drug-likeness (QED) is 0.799. The molecule has 0 unspecified atom stereocenters. The fourth-order valence-electron chi connectivity index (χ4n) is 1.75. The van der Waals surface area contributed by atoms with E-state index >= 15 is 0 Å². The van der Waals surface area contributed by atoms with Crippen LogP contribution in [-0.4, -0.2) is 15.3 Å². The van der Waals surface area contributed by atoms with Gasteiger partial charge in [-0.3, -0.25) is 4.79 Å². The smallest absolute Gasteiger partial charge is 0.228 e. The van der Waals surface area contributed by atoms with Gasteiger partial charge in [-0.05, 0) is 24.6 Å². The van der Waals surface area contributed by atoms with Crippen LogP contribution in [0.4, 0.5) is 0 Å². The number of imidazole rings is 1. The molecule has 0 amide bonds. The first-order valence-electron chi connectivity index (χ1n) is 5.63. The number of nitrogens with zero attached hydrogens (tertiary/aromatic N) is 2. The summed E-state index contributed by atoms with van der Waals surface area (Å²) in [6, 6.07) is 4.79. The van der Waals surface area contributed by atoms with Gasteiger partial charge in [-0.1, -0.05) is 30.1 Å². The summed E-state index contributed by atoms with van der Waals surface area (Å²) >= 11 is 11.8. The number of aryl methyl sites for hydroxylation is 1. The maximum Gasteiger partial charge on any atom is 0.228 e. The summed E-state index contributed by atoms with van der Waals surface area (Å²) < 4.78 is 1.83. The molecule has 0 saturated heterocycles. The molecule has 0 bridgehead atoms. The van der Waals surface area contributed by atoms with Gasteiger partial charge in [0.2, 0.25) is 5.78 Å². The SMILES string of the molecule is CCCn1ccnc1C(=O)c1cc(Cl)cc(Cl)c1. The molecule has 0 N–H and O–H groups in total. The van der Waals surface area contributed by atoms with Crippen LogP contribution in [0.5, 0.6) is 0 Å². The number of ketones is 1. The van der Waals surface area contributed by atoms with Crippen molar-refractivity contribution in [3.05, 3.63) is 52.0 Å². The standard InChI is InChI=1S/C13H12Cl2N2O/c1-2-4-17-5-3-16-13(17)12(18)9-6-10(14)8-11(15)7-9/h3,5-8H,2,4H2,1H3. The number of rotatable bonds is 4. The largest absolute Gasteiger partial charge is 0.328 e. The normalized spacial score (nSPS) is 10.6. The molecule has 0 spiro atoms. The van der Waals surface area contributed by atoms with E-state index in [1.165, 1.54) is 0 Å². The van der Waals surface area contributed by atoms with Crippen molar-refractivity contribution in [2.75, 3.05) is 0 Å². The highest BCUT2D eigenvalue weighted by atomic mass is 35.5. The summed E-state index contributed by atoms with van der Waals surface area (Å²) in [5, 5.41) is 0.888. The number of carbonyl (C=O) groups excluding carboxylic acids is 1. The molecule has 94 valence electrons. The first-order chi connectivity index (χ1) is 8.61. The Bertz CT molecular complexity index is 558. The van der Waals surface area contributed by atoms with Crippen molar-refractivity contribution in [1.82, 2.24) is 9.55 Å². The van der Waals surface area contributed by atoms with Crippen molar-refractivity contribution >= 4 is 29.0 Å². The fourth-order valence-corrected chi connectivity index (χ4v) is 2.28. The van der Waals surface area contributed by atoms with Crippen LogP contribution < -0.4 is 0 Å². The lowest BCUT2D eigenvalue weighted by Crippen LogP contribution is -2.11. The lowest BCUT2D eigenvalue weighted by Gasteiger charge is -2.06. The van der Waals surface area contributed by atoms with Crippen LogP contribution in [0.25, 0.3) is 0 Å². The molecule has 0 aliphatic heterocycles. The molecule has 0 radical (unpaired) electrons. The summed E-state index contributed by atoms with van der Waals surface area (Å²) in [6.07, 6.45) is 4.35. The molecule has 2 rings (SSSR count). The van der Waals surface area contributed by atoms with Gasteiger partial charge in [-0.2, -0.15) is 0 Å². The second-order valence-corrected chi connectivity index (χ2v) is 4.80. The highest BCUT2D eigenvalue weighted by molar-refractivity contribution is 6.35. The average Bonchev–Trinajstić information content (AvgIpc) is 2.75. The molecule has 0 atom stereocenters. The van der Waals surface area contributed by atoms with Crippen molar-refractivity contribution in [2.24, 2.45) is 0 Å². The Labute approximate surface area is 115 Å². The number of benzene rings is 1. The van der Waals surface area contributed by atoms with Gasteiger partial charge in [0.25, 0.3) is 0 Å². The highest BCUT2D eigenvalue weighted by Gasteiger charge is 2.15. The highest BCUT2D eigenvalue weighted by Crippen LogP contribution is 2.21. The van der Waals surface area contributed by atoms with E-state index in [1.807, 2.05) is 11.5 Å². The van der Waals surface area contributed by atoms with Crippen LogP contribution in [0.1, 0.15) is 29.5 Å². The van der Waals surface area contributed by atoms with E-state index in [0.29, 0.717) is 21.4 Å². The van der Waals surface area contributed by atoms with Crippen LogP contribution in [0.3, 0.4) is 0 Å². The van der Waals surface area contributed by atoms with Crippen LogP contribution in [-0.2, 0) is 6.54 Å². The van der Waals surface area contributed by atoms with Gasteiger partial charge in [-0.25, -0.2) is 4.98 Å². The van der Waals surface area contributed by atoms with Gasteiger partial charge in [0.1, 0.15) is 0 Å². The summed E-state index contributed by atoms with van der Waals surface area (Å²) in [6.45, 7) is 2.81. The maximum absolute atomic E-state index is 12.3. The van der Waals surface area contributed by atoms with Gasteiger partial charge in [0.05, 0.1) is 0 Å². The van der Waals surface area contributed by atoms with E-state index in [2.05, 4.69) is 4.98 Å². The molecule has 0 saturated carbocycles. The number of aromatic nitrogens is 2. The maximum atomic E-state index is 12.3. The van der Waals surface area contributed by atoms with E-state index in [9.17, 15) is 4.79 Å². The van der Waals surface area contributed by atoms with Crippen LogP contribution in [0, 0.1) is 0 Å². The number of hydrogen-bond acceptors (Lipinski definition) is 2. The predicted octanol–water partition coefficient (Wildman–Crippen LogP) is 3.83. The average molecular weight is 283 g/mol. The van der Waals surface area contributed by atoms with Gasteiger partial charge >= 0.3 is 0 Å². The molecule has 1 heterocycles. The topological polar surface area (TPSA) is 34.9 Å². The third-order valence-corrected chi connectivity index (χ3v) is 2.94. The van der Waals surface area contributed by atoms with E-state index in [0.717, 1.165) is 13.0 Å². The third-order valence-electron chi connectivity index (χ3n) is 2.51. The van der Waals surface area contributed by atoms with Crippen LogP contribution in [0.15, 0.2) is 30.6 Å². The summed E-state index contributed by atoms with van der Waals surface area (Å²) in [4.78, 5) is 16.4. The Hall–Kier alpha value is -1.32. The third kappa shape index (κ3) is 2.74. The van der Waals surface area contributed by atoms with Crippen molar-refractivity contribution in [2.45, 2.75) is 19.9 Å². The zero-order valence-electron chi connectivity index (χ0n) is 9.86. The lowest BCUT2D eigenvalue weighted by atomic mass is 10.1. The van der Waals surface area contributed by atoms with Crippen molar-refractivity contribution in [3.8, 4) is 0 Å². The Morgan fingerprint density at radius 1 is 1.28 bits per heavy atom. The minimum atomic E-state index is -0.169. The van der Waals surface area contributed by atoms with Crippen molar-refractivity contribution in [1.29, 1.82) is 0 Å². The first-order valence-corrected chi connectivity index (χ1v) is 6.39. The van der Waals surface area contributed by atoms with Crippen molar-refractivity contribution < 1.29 is 4.79 Å². The number of hydrogen-bond donors (Lipinski definition) is 0. The van der Waals surface area contributed by atoms with E-state index in [-0.39, 0.29) is 5.78 Å². The molecule has 5 heteroatoms. The molecule has 3 nitrogen and oxygen atoms in total. The zero-order chi connectivity index (χ0) is 13.1. The van der Waals surface area contributed by atoms with E-state index in [4.69, 9.17) is 23.2 Å². The number of halogens is 2. The second kappa shape index (κ2) is 5.55. The number of carbonyl (C=O) groups is 1. The van der Waals surface area contributed by atoms with E-state index in [1.54, 1.807) is 30.6 Å². The Morgan fingerprint density at radius 2 is 1.94 bits per heavy atom. The second-order valence-electron chi connectivity index (χ2n) is 3.93. The summed E-state index contributed by atoms with van der Waals surface area (Å²) in [7, 11) is 0. The molecule has 2 aromatic rings. The van der Waals surface area contributed by atoms with E-state index < -0.39 is 0 Å². The van der Waals surface area contributed by atoms with Crippen LogP contribution in [0.2, 0.25) is 10.0 Å². The molecule has 1 aromatic carbocycles. The minimum Gasteiger partial charge on any atom is -0.328 e. The first kappa shape index (κ1) is 13.1.